The van der Waals surface area contributed by atoms with Gasteiger partial charge in [-0.05, 0) is 91.4 Å². The molecule has 3 aliphatic carbocycles. The molecule has 5 rings (SSSR count). The maximum Gasteiger partial charge on any atom is 0.0834 e. The molecule has 186 valence electrons. The summed E-state index contributed by atoms with van der Waals surface area (Å²) in [5.41, 5.74) is 5.73. The largest absolute Gasteiger partial charge is 0.393 e. The number of benzene rings is 1. The van der Waals surface area contributed by atoms with E-state index in [1.165, 1.54) is 25.7 Å². The lowest BCUT2D eigenvalue weighted by atomic mass is 9.60. The molecule has 1 heterocycles. The minimum atomic E-state index is -0.628. The van der Waals surface area contributed by atoms with Crippen LogP contribution in [-0.4, -0.2) is 37.4 Å². The molecule has 0 aliphatic heterocycles. The van der Waals surface area contributed by atoms with E-state index in [-0.39, 0.29) is 0 Å². The van der Waals surface area contributed by atoms with E-state index in [1.807, 2.05) is 22.9 Å². The van der Waals surface area contributed by atoms with Gasteiger partial charge in [0.25, 0.3) is 0 Å². The summed E-state index contributed by atoms with van der Waals surface area (Å²) < 4.78 is 1.88. The molecule has 0 radical (unpaired) electrons. The van der Waals surface area contributed by atoms with E-state index in [2.05, 4.69) is 61.2 Å². The van der Waals surface area contributed by atoms with Gasteiger partial charge in [-0.25, -0.2) is 4.68 Å². The van der Waals surface area contributed by atoms with Gasteiger partial charge in [0.2, 0.25) is 0 Å². The van der Waals surface area contributed by atoms with Crippen molar-refractivity contribution in [1.82, 2.24) is 15.0 Å². The van der Waals surface area contributed by atoms with Crippen LogP contribution in [0.25, 0.3) is 5.69 Å². The zero-order chi connectivity index (χ0) is 24.6. The summed E-state index contributed by atoms with van der Waals surface area (Å²) in [5.74, 6) is 1.82. The highest BCUT2D eigenvalue weighted by molar-refractivity contribution is 5.38. The van der Waals surface area contributed by atoms with Crippen molar-refractivity contribution >= 4 is 0 Å². The summed E-state index contributed by atoms with van der Waals surface area (Å²) in [4.78, 5) is 0. The number of fused-ring (bicyclic) bond motifs is 1. The minimum absolute atomic E-state index is 0.306. The number of hydrogen-bond acceptors (Lipinski definition) is 4. The average molecular weight is 474 g/mol. The van der Waals surface area contributed by atoms with Crippen LogP contribution < -0.4 is 0 Å². The van der Waals surface area contributed by atoms with Crippen LogP contribution in [0.15, 0.2) is 72.0 Å². The van der Waals surface area contributed by atoms with Gasteiger partial charge in [0.05, 0.1) is 29.8 Å². The first kappa shape index (κ1) is 24.2. The predicted octanol–water partition coefficient (Wildman–Crippen LogP) is 5.59. The van der Waals surface area contributed by atoms with Crippen LogP contribution in [0.1, 0.15) is 64.5 Å². The monoisotopic (exact) mass is 473 g/mol. The third kappa shape index (κ3) is 4.81. The number of para-hydroxylation sites is 1. The molecule has 5 heteroatoms. The molecular formula is C30H39N3O2. The SMILES string of the molecule is C=C1/C(=C\C=C2\CCC[C@]3(C)[C@@H]([C@H](C)Cc4cn(-c5ccccc5)nn4)CC[C@@H]23)C[C@H](O)C[C@H]1O. The van der Waals surface area contributed by atoms with Gasteiger partial charge in [-0.1, -0.05) is 61.6 Å². The van der Waals surface area contributed by atoms with E-state index in [1.54, 1.807) is 5.57 Å². The lowest BCUT2D eigenvalue weighted by molar-refractivity contribution is 0.0861. The van der Waals surface area contributed by atoms with Gasteiger partial charge < -0.3 is 10.2 Å². The fourth-order valence-electron chi connectivity index (χ4n) is 7.25. The van der Waals surface area contributed by atoms with Crippen molar-refractivity contribution in [3.8, 4) is 5.69 Å². The Morgan fingerprint density at radius 3 is 2.80 bits per heavy atom. The molecule has 0 amide bonds. The summed E-state index contributed by atoms with van der Waals surface area (Å²) >= 11 is 0. The third-order valence-electron chi connectivity index (χ3n) is 9.08. The molecule has 2 aromatic rings. The van der Waals surface area contributed by atoms with Crippen molar-refractivity contribution in [1.29, 1.82) is 0 Å². The van der Waals surface area contributed by atoms with Gasteiger partial charge >= 0.3 is 0 Å². The Hall–Kier alpha value is -2.50. The molecule has 0 unspecified atom stereocenters. The van der Waals surface area contributed by atoms with E-state index in [0.717, 1.165) is 35.4 Å². The average Bonchev–Trinajstić information content (AvgIpc) is 3.45. The van der Waals surface area contributed by atoms with Gasteiger partial charge in [-0.2, -0.15) is 0 Å². The summed E-state index contributed by atoms with van der Waals surface area (Å²) in [7, 11) is 0. The van der Waals surface area contributed by atoms with Gasteiger partial charge in [0, 0.05) is 6.42 Å². The van der Waals surface area contributed by atoms with Gasteiger partial charge in [-0.15, -0.1) is 5.10 Å². The van der Waals surface area contributed by atoms with E-state index >= 15 is 0 Å². The molecule has 2 N–H and O–H groups in total. The zero-order valence-electron chi connectivity index (χ0n) is 21.1. The number of aromatic nitrogens is 3. The molecule has 5 nitrogen and oxygen atoms in total. The standard InChI is InChI=1S/C30H39N3O2/c1-20(16-24-19-33(32-31-24)25-9-5-4-6-10-25)27-13-14-28-22(8-7-15-30(27,28)3)11-12-23-17-26(34)18-29(35)21(23)2/h4-6,9-12,19-20,26-29,34-35H,2,7-8,13-18H2,1,3H3/b22-11-,23-12-/t20-,26+,27-,28+,29-,30-/m1/s1. The van der Waals surface area contributed by atoms with Crippen LogP contribution in [0.2, 0.25) is 0 Å². The summed E-state index contributed by atoms with van der Waals surface area (Å²) in [6, 6.07) is 10.2. The van der Waals surface area contributed by atoms with Crippen LogP contribution in [0, 0.1) is 23.2 Å². The van der Waals surface area contributed by atoms with Gasteiger partial charge in [-0.3, -0.25) is 0 Å². The number of aliphatic hydroxyl groups is 2. The second-order valence-corrected chi connectivity index (χ2v) is 11.3. The molecule has 0 bridgehead atoms. The molecule has 6 atom stereocenters. The first-order valence-corrected chi connectivity index (χ1v) is 13.3. The molecule has 3 aliphatic rings. The molecule has 35 heavy (non-hydrogen) atoms. The lowest BCUT2D eigenvalue weighted by Crippen LogP contribution is -2.36. The Morgan fingerprint density at radius 1 is 1.20 bits per heavy atom. The number of nitrogens with zero attached hydrogens (tertiary/aromatic N) is 3. The van der Waals surface area contributed by atoms with Gasteiger partial charge in [0.1, 0.15) is 0 Å². The molecule has 1 aromatic heterocycles. The van der Waals surface area contributed by atoms with E-state index in [9.17, 15) is 10.2 Å². The van der Waals surface area contributed by atoms with Crippen molar-refractivity contribution < 1.29 is 10.2 Å². The van der Waals surface area contributed by atoms with Crippen LogP contribution >= 0.6 is 0 Å². The van der Waals surface area contributed by atoms with E-state index < -0.39 is 12.2 Å². The van der Waals surface area contributed by atoms with Crippen molar-refractivity contribution in [2.75, 3.05) is 0 Å². The summed E-state index contributed by atoms with van der Waals surface area (Å²) in [6.07, 6.45) is 13.5. The van der Waals surface area contributed by atoms with E-state index in [0.29, 0.717) is 36.0 Å². The fourth-order valence-corrected chi connectivity index (χ4v) is 7.25. The van der Waals surface area contributed by atoms with Crippen LogP contribution in [0.3, 0.4) is 0 Å². The van der Waals surface area contributed by atoms with Gasteiger partial charge in [0.15, 0.2) is 0 Å². The molecule has 1 aromatic carbocycles. The molecular weight excluding hydrogens is 434 g/mol. The lowest BCUT2D eigenvalue weighted by Gasteiger charge is -2.44. The Bertz CT molecular complexity index is 1120. The Kier molecular flexibility index (Phi) is 6.82. The number of allylic oxidation sites excluding steroid dienone is 3. The maximum atomic E-state index is 10.2. The van der Waals surface area contributed by atoms with Crippen LogP contribution in [-0.2, 0) is 6.42 Å². The molecule has 0 spiro atoms. The Balaban J connectivity index is 1.30. The molecule has 3 fully saturated rings. The summed E-state index contributed by atoms with van der Waals surface area (Å²) in [5, 5.41) is 29.2. The smallest absolute Gasteiger partial charge is 0.0834 e. The van der Waals surface area contributed by atoms with E-state index in [4.69, 9.17) is 0 Å². The molecule has 0 saturated heterocycles. The maximum absolute atomic E-state index is 10.2. The van der Waals surface area contributed by atoms with Crippen molar-refractivity contribution in [3.05, 3.63) is 77.7 Å². The quantitative estimate of drug-likeness (QED) is 0.594. The summed E-state index contributed by atoms with van der Waals surface area (Å²) in [6.45, 7) is 8.99. The highest BCUT2D eigenvalue weighted by atomic mass is 16.3. The molecule has 3 saturated carbocycles. The Labute approximate surface area is 209 Å². The highest BCUT2D eigenvalue weighted by Gasteiger charge is 2.50. The first-order chi connectivity index (χ1) is 16.8. The number of aliphatic hydroxyl groups excluding tert-OH is 2. The topological polar surface area (TPSA) is 71.2 Å². The Morgan fingerprint density at radius 2 is 2.00 bits per heavy atom. The van der Waals surface area contributed by atoms with Crippen LogP contribution in [0.5, 0.6) is 0 Å². The fraction of sp³-hybridized carbons (Fsp3) is 0.533. The number of hydrogen-bond donors (Lipinski definition) is 2. The van der Waals surface area contributed by atoms with Crippen molar-refractivity contribution in [2.45, 2.75) is 77.4 Å². The number of rotatable bonds is 5. The van der Waals surface area contributed by atoms with Crippen molar-refractivity contribution in [3.63, 3.8) is 0 Å². The predicted molar refractivity (Wildman–Crippen MR) is 139 cm³/mol. The van der Waals surface area contributed by atoms with Crippen molar-refractivity contribution in [2.24, 2.45) is 23.2 Å². The highest BCUT2D eigenvalue weighted by Crippen LogP contribution is 2.59. The first-order valence-electron chi connectivity index (χ1n) is 13.3. The van der Waals surface area contributed by atoms with Crippen LogP contribution in [0.4, 0.5) is 0 Å². The third-order valence-corrected chi connectivity index (χ3v) is 9.08. The second kappa shape index (κ2) is 9.87. The second-order valence-electron chi connectivity index (χ2n) is 11.3. The minimum Gasteiger partial charge on any atom is -0.393 e. The zero-order valence-corrected chi connectivity index (χ0v) is 21.1. The normalized spacial score (nSPS) is 34.3.